The Morgan fingerprint density at radius 1 is 1.20 bits per heavy atom. The monoisotopic (exact) mass is 355 g/mol. The van der Waals surface area contributed by atoms with E-state index < -0.39 is 5.41 Å². The van der Waals surface area contributed by atoms with Gasteiger partial charge in [-0.2, -0.15) is 0 Å². The predicted octanol–water partition coefficient (Wildman–Crippen LogP) is 2.01. The van der Waals surface area contributed by atoms with Gasteiger partial charge in [-0.15, -0.1) is 0 Å². The summed E-state index contributed by atoms with van der Waals surface area (Å²) in [5, 5.41) is 2.98. The molecule has 7 heteroatoms. The fourth-order valence-corrected chi connectivity index (χ4v) is 2.86. The number of nitrogens with one attached hydrogen (secondary N) is 1. The van der Waals surface area contributed by atoms with Crippen molar-refractivity contribution in [2.75, 3.05) is 33.3 Å². The zero-order valence-corrected chi connectivity index (χ0v) is 16.3. The van der Waals surface area contributed by atoms with Gasteiger partial charge in [-0.05, 0) is 40.0 Å². The first-order valence-electron chi connectivity index (χ1n) is 9.22. The average Bonchev–Trinajstić information content (AvgIpc) is 2.59. The van der Waals surface area contributed by atoms with Crippen LogP contribution in [-0.4, -0.2) is 67.0 Å². The Bertz CT molecular complexity index is 471. The lowest BCUT2D eigenvalue weighted by Crippen LogP contribution is -2.53. The van der Waals surface area contributed by atoms with Gasteiger partial charge in [0, 0.05) is 32.7 Å². The van der Waals surface area contributed by atoms with E-state index in [1.54, 1.807) is 37.6 Å². The van der Waals surface area contributed by atoms with Gasteiger partial charge in [-0.25, -0.2) is 4.79 Å². The second-order valence-corrected chi connectivity index (χ2v) is 7.14. The minimum absolute atomic E-state index is 0.0220. The Labute approximate surface area is 151 Å². The van der Waals surface area contributed by atoms with Gasteiger partial charge in [0.05, 0.1) is 6.61 Å². The Morgan fingerprint density at radius 3 is 2.32 bits per heavy atom. The van der Waals surface area contributed by atoms with Crippen molar-refractivity contribution in [3.63, 3.8) is 0 Å². The van der Waals surface area contributed by atoms with E-state index in [0.29, 0.717) is 39.1 Å². The Balaban J connectivity index is 2.52. The number of rotatable bonds is 7. The third-order valence-corrected chi connectivity index (χ3v) is 4.65. The minimum atomic E-state index is -1.10. The summed E-state index contributed by atoms with van der Waals surface area (Å²) in [6, 6.07) is -0.0220. The van der Waals surface area contributed by atoms with Crippen LogP contribution in [0.3, 0.4) is 0 Å². The van der Waals surface area contributed by atoms with Crippen LogP contribution in [0.15, 0.2) is 0 Å². The number of piperidine rings is 1. The molecule has 3 amide bonds. The molecule has 0 aromatic carbocycles. The van der Waals surface area contributed by atoms with Crippen molar-refractivity contribution in [1.29, 1.82) is 0 Å². The molecule has 1 rings (SSSR count). The van der Waals surface area contributed by atoms with Gasteiger partial charge in [0.1, 0.15) is 5.41 Å². The molecule has 0 atom stereocenters. The summed E-state index contributed by atoms with van der Waals surface area (Å²) in [5.74, 6) is -0.419. The number of hydrogen-bond donors (Lipinski definition) is 1. The van der Waals surface area contributed by atoms with Gasteiger partial charge < -0.3 is 19.9 Å². The molecular formula is C18H33N3O4. The minimum Gasteiger partial charge on any atom is -0.450 e. The highest BCUT2D eigenvalue weighted by atomic mass is 16.6. The first-order chi connectivity index (χ1) is 11.7. The molecule has 25 heavy (non-hydrogen) atoms. The maximum absolute atomic E-state index is 12.6. The van der Waals surface area contributed by atoms with Crippen LogP contribution in [-0.2, 0) is 14.3 Å². The molecular weight excluding hydrogens is 322 g/mol. The van der Waals surface area contributed by atoms with E-state index >= 15 is 0 Å². The summed E-state index contributed by atoms with van der Waals surface area (Å²) in [6.45, 7) is 9.30. The van der Waals surface area contributed by atoms with E-state index in [9.17, 15) is 14.4 Å². The third kappa shape index (κ3) is 5.90. The SMILES string of the molecule is CCCCN(C)C(=O)C(C)(C)C(=O)NC1CCN(C(=O)OCC)CC1. The highest BCUT2D eigenvalue weighted by Gasteiger charge is 2.39. The third-order valence-electron chi connectivity index (χ3n) is 4.65. The van der Waals surface area contributed by atoms with Crippen LogP contribution in [0.2, 0.25) is 0 Å². The number of carbonyl (C=O) groups is 3. The molecule has 7 nitrogen and oxygen atoms in total. The van der Waals surface area contributed by atoms with Gasteiger partial charge in [0.15, 0.2) is 0 Å². The average molecular weight is 355 g/mol. The van der Waals surface area contributed by atoms with Crippen LogP contribution in [0.1, 0.15) is 53.4 Å². The summed E-state index contributed by atoms with van der Waals surface area (Å²) in [5.41, 5.74) is -1.10. The fourth-order valence-electron chi connectivity index (χ4n) is 2.86. The van der Waals surface area contributed by atoms with E-state index in [1.807, 2.05) is 0 Å². The van der Waals surface area contributed by atoms with E-state index in [4.69, 9.17) is 4.74 Å². The maximum Gasteiger partial charge on any atom is 0.409 e. The van der Waals surface area contributed by atoms with Gasteiger partial charge in [0.25, 0.3) is 0 Å². The van der Waals surface area contributed by atoms with Crippen LogP contribution >= 0.6 is 0 Å². The zero-order valence-electron chi connectivity index (χ0n) is 16.3. The number of ether oxygens (including phenoxy) is 1. The van der Waals surface area contributed by atoms with Gasteiger partial charge in [0.2, 0.25) is 11.8 Å². The summed E-state index contributed by atoms with van der Waals surface area (Å²) in [7, 11) is 1.74. The van der Waals surface area contributed by atoms with Crippen molar-refractivity contribution < 1.29 is 19.1 Å². The molecule has 0 bridgehead atoms. The quantitative estimate of drug-likeness (QED) is 0.709. The van der Waals surface area contributed by atoms with E-state index in [2.05, 4.69) is 12.2 Å². The van der Waals surface area contributed by atoms with Crippen LogP contribution in [0.4, 0.5) is 4.79 Å². The van der Waals surface area contributed by atoms with Crippen molar-refractivity contribution in [3.8, 4) is 0 Å². The molecule has 0 aliphatic carbocycles. The number of likely N-dealkylation sites (tertiary alicyclic amines) is 1. The van der Waals surface area contributed by atoms with Crippen LogP contribution < -0.4 is 5.32 Å². The maximum atomic E-state index is 12.6. The molecule has 1 heterocycles. The largest absolute Gasteiger partial charge is 0.450 e. The molecule has 144 valence electrons. The number of hydrogen-bond acceptors (Lipinski definition) is 4. The van der Waals surface area contributed by atoms with Crippen molar-refractivity contribution in [3.05, 3.63) is 0 Å². The zero-order chi connectivity index (χ0) is 19.0. The Hall–Kier alpha value is -1.79. The second kappa shape index (κ2) is 9.63. The van der Waals surface area contributed by atoms with Crippen molar-refractivity contribution in [2.45, 2.75) is 59.4 Å². The smallest absolute Gasteiger partial charge is 0.409 e. The van der Waals surface area contributed by atoms with E-state index in [0.717, 1.165) is 12.8 Å². The molecule has 0 aromatic heterocycles. The van der Waals surface area contributed by atoms with Crippen LogP contribution in [0.5, 0.6) is 0 Å². The van der Waals surface area contributed by atoms with Crippen molar-refractivity contribution >= 4 is 17.9 Å². The van der Waals surface area contributed by atoms with Crippen LogP contribution in [0, 0.1) is 5.41 Å². The molecule has 0 unspecified atom stereocenters. The lowest BCUT2D eigenvalue weighted by Gasteiger charge is -2.34. The Kier molecular flexibility index (Phi) is 8.19. The number of carbonyl (C=O) groups excluding carboxylic acids is 3. The molecule has 1 N–H and O–H groups in total. The highest BCUT2D eigenvalue weighted by molar-refractivity contribution is 6.04. The molecule has 1 aliphatic rings. The summed E-state index contributed by atoms with van der Waals surface area (Å²) < 4.78 is 4.99. The molecule has 0 spiro atoms. The summed E-state index contributed by atoms with van der Waals surface area (Å²) in [6.07, 6.45) is 2.96. The molecule has 0 saturated carbocycles. The fraction of sp³-hybridized carbons (Fsp3) is 0.833. The molecule has 0 radical (unpaired) electrons. The summed E-state index contributed by atoms with van der Waals surface area (Å²) >= 11 is 0. The lowest BCUT2D eigenvalue weighted by atomic mass is 9.89. The Morgan fingerprint density at radius 2 is 1.80 bits per heavy atom. The normalized spacial score (nSPS) is 15.6. The second-order valence-electron chi connectivity index (χ2n) is 7.14. The van der Waals surface area contributed by atoms with E-state index in [-0.39, 0.29) is 23.9 Å². The number of nitrogens with zero attached hydrogens (tertiary/aromatic N) is 2. The topological polar surface area (TPSA) is 79.0 Å². The number of amides is 3. The number of unbranched alkanes of at least 4 members (excludes halogenated alkanes) is 1. The van der Waals surface area contributed by atoms with Crippen molar-refractivity contribution in [1.82, 2.24) is 15.1 Å². The molecule has 1 saturated heterocycles. The van der Waals surface area contributed by atoms with Gasteiger partial charge in [-0.1, -0.05) is 13.3 Å². The summed E-state index contributed by atoms with van der Waals surface area (Å²) in [4.78, 5) is 40.2. The molecule has 1 aliphatic heterocycles. The first kappa shape index (κ1) is 21.3. The predicted molar refractivity (Wildman–Crippen MR) is 96.1 cm³/mol. The first-order valence-corrected chi connectivity index (χ1v) is 9.22. The lowest BCUT2D eigenvalue weighted by molar-refractivity contribution is -0.148. The highest BCUT2D eigenvalue weighted by Crippen LogP contribution is 2.21. The van der Waals surface area contributed by atoms with E-state index in [1.165, 1.54) is 0 Å². The molecule has 0 aromatic rings. The molecule has 1 fully saturated rings. The van der Waals surface area contributed by atoms with Crippen LogP contribution in [0.25, 0.3) is 0 Å². The van der Waals surface area contributed by atoms with Gasteiger partial charge >= 0.3 is 6.09 Å². The van der Waals surface area contributed by atoms with Crippen molar-refractivity contribution in [2.24, 2.45) is 5.41 Å². The standard InChI is InChI=1S/C18H33N3O4/c1-6-8-11-20(5)16(23)18(3,4)15(22)19-14-9-12-21(13-10-14)17(24)25-7-2/h14H,6-13H2,1-5H3,(H,19,22). The van der Waals surface area contributed by atoms with Gasteiger partial charge in [-0.3, -0.25) is 9.59 Å².